The standard InChI is InChI=1S/C20H14F2N4O2S/c1-28-18-7-6-12(21)10-13(18)16-11-29-20(23-16)24-19(27)15-8-9-26(25-15)17-5-3-2-4-14(17)22/h2-11H,1H3,(H,23,24,27). The topological polar surface area (TPSA) is 69.0 Å². The second kappa shape index (κ2) is 7.80. The predicted octanol–water partition coefficient (Wildman–Crippen LogP) is 4.53. The van der Waals surface area contributed by atoms with Crippen molar-refractivity contribution in [2.45, 2.75) is 0 Å². The number of nitrogens with one attached hydrogen (secondary N) is 1. The van der Waals surface area contributed by atoms with Gasteiger partial charge >= 0.3 is 0 Å². The molecule has 0 unspecified atom stereocenters. The summed E-state index contributed by atoms with van der Waals surface area (Å²) in [6, 6.07) is 11.7. The van der Waals surface area contributed by atoms with Gasteiger partial charge in [0.05, 0.1) is 12.8 Å². The summed E-state index contributed by atoms with van der Waals surface area (Å²) in [6.45, 7) is 0. The number of rotatable bonds is 5. The fourth-order valence-corrected chi connectivity index (χ4v) is 3.42. The van der Waals surface area contributed by atoms with Gasteiger partial charge in [0.15, 0.2) is 10.8 Å². The lowest BCUT2D eigenvalue weighted by molar-refractivity contribution is 0.102. The maximum atomic E-state index is 13.9. The Balaban J connectivity index is 1.54. The van der Waals surface area contributed by atoms with E-state index in [0.717, 1.165) is 0 Å². The summed E-state index contributed by atoms with van der Waals surface area (Å²) < 4.78 is 34.0. The van der Waals surface area contributed by atoms with Gasteiger partial charge in [0.1, 0.15) is 23.1 Å². The molecular formula is C20H14F2N4O2S. The van der Waals surface area contributed by atoms with Gasteiger partial charge in [0.2, 0.25) is 0 Å². The summed E-state index contributed by atoms with van der Waals surface area (Å²) in [6.07, 6.45) is 1.50. The number of halogens is 2. The molecule has 0 saturated heterocycles. The van der Waals surface area contributed by atoms with E-state index >= 15 is 0 Å². The van der Waals surface area contributed by atoms with Crippen LogP contribution in [-0.2, 0) is 0 Å². The van der Waals surface area contributed by atoms with Gasteiger partial charge in [-0.2, -0.15) is 5.10 Å². The number of hydrogen-bond acceptors (Lipinski definition) is 5. The molecule has 146 valence electrons. The van der Waals surface area contributed by atoms with Crippen molar-refractivity contribution in [3.63, 3.8) is 0 Å². The number of nitrogens with zero attached hydrogens (tertiary/aromatic N) is 3. The molecule has 0 spiro atoms. The third kappa shape index (κ3) is 3.85. The minimum absolute atomic E-state index is 0.105. The number of thiazole rings is 1. The van der Waals surface area contributed by atoms with Crippen LogP contribution in [0.2, 0.25) is 0 Å². The van der Waals surface area contributed by atoms with Crippen LogP contribution in [0, 0.1) is 11.6 Å². The van der Waals surface area contributed by atoms with Crippen LogP contribution >= 0.6 is 11.3 Å². The molecule has 0 bridgehead atoms. The van der Waals surface area contributed by atoms with Crippen LogP contribution in [0.1, 0.15) is 10.5 Å². The molecule has 2 heterocycles. The maximum absolute atomic E-state index is 13.9. The van der Waals surface area contributed by atoms with Crippen LogP contribution in [0.3, 0.4) is 0 Å². The molecule has 2 aromatic heterocycles. The number of aromatic nitrogens is 3. The minimum Gasteiger partial charge on any atom is -0.496 e. The highest BCUT2D eigenvalue weighted by Gasteiger charge is 2.16. The van der Waals surface area contributed by atoms with Crippen molar-refractivity contribution < 1.29 is 18.3 Å². The Kier molecular flexibility index (Phi) is 5.05. The molecule has 9 heteroatoms. The van der Waals surface area contributed by atoms with Crippen LogP contribution in [0.15, 0.2) is 60.1 Å². The molecule has 1 N–H and O–H groups in total. The van der Waals surface area contributed by atoms with Gasteiger partial charge < -0.3 is 4.74 Å². The van der Waals surface area contributed by atoms with E-state index in [1.54, 1.807) is 23.6 Å². The van der Waals surface area contributed by atoms with Crippen molar-refractivity contribution in [3.8, 4) is 22.7 Å². The number of amides is 1. The van der Waals surface area contributed by atoms with Gasteiger partial charge in [-0.05, 0) is 36.4 Å². The molecule has 0 fully saturated rings. The summed E-state index contributed by atoms with van der Waals surface area (Å²) in [5.74, 6) is -0.889. The average molecular weight is 412 g/mol. The first-order valence-corrected chi connectivity index (χ1v) is 9.34. The van der Waals surface area contributed by atoms with Crippen molar-refractivity contribution in [1.29, 1.82) is 0 Å². The number of hydrogen-bond donors (Lipinski definition) is 1. The van der Waals surface area contributed by atoms with Gasteiger partial charge in [0.25, 0.3) is 5.91 Å². The molecule has 2 aromatic carbocycles. The summed E-state index contributed by atoms with van der Waals surface area (Å²) in [7, 11) is 1.48. The SMILES string of the molecule is COc1ccc(F)cc1-c1csc(NC(=O)c2ccn(-c3ccccc3F)n2)n1. The number of para-hydroxylation sites is 1. The summed E-state index contributed by atoms with van der Waals surface area (Å²) in [4.78, 5) is 16.8. The van der Waals surface area contributed by atoms with E-state index in [2.05, 4.69) is 15.4 Å². The Morgan fingerprint density at radius 1 is 1.17 bits per heavy atom. The highest BCUT2D eigenvalue weighted by Crippen LogP contribution is 2.32. The molecule has 1 amide bonds. The fourth-order valence-electron chi connectivity index (χ4n) is 2.71. The van der Waals surface area contributed by atoms with Crippen molar-refractivity contribution in [1.82, 2.24) is 14.8 Å². The molecule has 0 radical (unpaired) electrons. The van der Waals surface area contributed by atoms with Crippen LogP contribution in [0.25, 0.3) is 16.9 Å². The lowest BCUT2D eigenvalue weighted by Crippen LogP contribution is -2.13. The van der Waals surface area contributed by atoms with Gasteiger partial charge in [-0.25, -0.2) is 18.4 Å². The zero-order valence-corrected chi connectivity index (χ0v) is 15.9. The number of anilines is 1. The smallest absolute Gasteiger partial charge is 0.277 e. The van der Waals surface area contributed by atoms with E-state index in [1.807, 2.05) is 0 Å². The monoisotopic (exact) mass is 412 g/mol. The number of carbonyl (C=O) groups excluding carboxylic acids is 1. The predicted molar refractivity (Wildman–Crippen MR) is 106 cm³/mol. The van der Waals surface area contributed by atoms with E-state index in [4.69, 9.17) is 4.74 Å². The second-order valence-electron chi connectivity index (χ2n) is 5.93. The average Bonchev–Trinajstić information content (AvgIpc) is 3.38. The van der Waals surface area contributed by atoms with Gasteiger partial charge in [-0.3, -0.25) is 10.1 Å². The van der Waals surface area contributed by atoms with Crippen LogP contribution in [0.5, 0.6) is 5.75 Å². The lowest BCUT2D eigenvalue weighted by Gasteiger charge is -2.05. The molecular weight excluding hydrogens is 398 g/mol. The first-order valence-electron chi connectivity index (χ1n) is 8.46. The van der Waals surface area contributed by atoms with Crippen molar-refractivity contribution >= 4 is 22.4 Å². The third-order valence-electron chi connectivity index (χ3n) is 4.08. The van der Waals surface area contributed by atoms with Gasteiger partial charge in [0, 0.05) is 17.1 Å². The molecule has 4 aromatic rings. The van der Waals surface area contributed by atoms with Gasteiger partial charge in [-0.15, -0.1) is 11.3 Å². The Labute approximate surface area is 168 Å². The zero-order valence-electron chi connectivity index (χ0n) is 15.1. The third-order valence-corrected chi connectivity index (χ3v) is 4.84. The molecule has 0 atom stereocenters. The lowest BCUT2D eigenvalue weighted by atomic mass is 10.1. The second-order valence-corrected chi connectivity index (χ2v) is 6.79. The highest BCUT2D eigenvalue weighted by atomic mass is 32.1. The molecule has 0 aliphatic carbocycles. The fraction of sp³-hybridized carbons (Fsp3) is 0.0500. The van der Waals surface area contributed by atoms with Crippen molar-refractivity contribution in [3.05, 3.63) is 77.4 Å². The Bertz CT molecular complexity index is 1190. The summed E-state index contributed by atoms with van der Waals surface area (Å²) in [5.41, 5.74) is 1.29. The Morgan fingerprint density at radius 2 is 2.00 bits per heavy atom. The Hall–Kier alpha value is -3.59. The van der Waals surface area contributed by atoms with E-state index in [0.29, 0.717) is 22.1 Å². The maximum Gasteiger partial charge on any atom is 0.277 e. The summed E-state index contributed by atoms with van der Waals surface area (Å²) >= 11 is 1.18. The van der Waals surface area contributed by atoms with E-state index in [1.165, 1.54) is 59.7 Å². The first kappa shape index (κ1) is 18.8. The number of methoxy groups -OCH3 is 1. The quantitative estimate of drug-likeness (QED) is 0.523. The van der Waals surface area contributed by atoms with E-state index in [-0.39, 0.29) is 11.4 Å². The molecule has 4 rings (SSSR count). The van der Waals surface area contributed by atoms with Crippen molar-refractivity contribution in [2.24, 2.45) is 0 Å². The number of benzene rings is 2. The molecule has 0 aliphatic rings. The van der Waals surface area contributed by atoms with Crippen LogP contribution in [0.4, 0.5) is 13.9 Å². The first-order chi connectivity index (χ1) is 14.0. The normalized spacial score (nSPS) is 10.7. The largest absolute Gasteiger partial charge is 0.496 e. The van der Waals surface area contributed by atoms with Gasteiger partial charge in [-0.1, -0.05) is 12.1 Å². The van der Waals surface area contributed by atoms with E-state index < -0.39 is 17.5 Å². The molecule has 29 heavy (non-hydrogen) atoms. The molecule has 0 saturated carbocycles. The Morgan fingerprint density at radius 3 is 2.79 bits per heavy atom. The molecule has 6 nitrogen and oxygen atoms in total. The van der Waals surface area contributed by atoms with Crippen LogP contribution < -0.4 is 10.1 Å². The minimum atomic E-state index is -0.493. The van der Waals surface area contributed by atoms with E-state index in [9.17, 15) is 13.6 Å². The number of carbonyl (C=O) groups is 1. The zero-order chi connectivity index (χ0) is 20.4. The van der Waals surface area contributed by atoms with Crippen molar-refractivity contribution in [2.75, 3.05) is 12.4 Å². The van der Waals surface area contributed by atoms with Crippen LogP contribution in [-0.4, -0.2) is 27.8 Å². The number of ether oxygens (including phenoxy) is 1. The summed E-state index contributed by atoms with van der Waals surface area (Å²) in [5, 5.41) is 8.76. The highest BCUT2D eigenvalue weighted by molar-refractivity contribution is 7.14. The molecule has 0 aliphatic heterocycles.